The van der Waals surface area contributed by atoms with Crippen molar-refractivity contribution in [1.82, 2.24) is 9.97 Å². The Morgan fingerprint density at radius 3 is 2.86 bits per heavy atom. The molecule has 0 bridgehead atoms. The van der Waals surface area contributed by atoms with Gasteiger partial charge in [0.25, 0.3) is 0 Å². The molecule has 0 amide bonds. The SMILES string of the molecule is CC(Nc1cc(Cl)ncn1)C1CCC1. The molecule has 1 aromatic heterocycles. The fourth-order valence-electron chi connectivity index (χ4n) is 1.70. The number of aromatic nitrogens is 2. The Balaban J connectivity index is 1.95. The molecule has 1 heterocycles. The van der Waals surface area contributed by atoms with Crippen molar-refractivity contribution in [2.75, 3.05) is 5.32 Å². The number of nitrogens with zero attached hydrogens (tertiary/aromatic N) is 2. The standard InChI is InChI=1S/C10H14ClN3/c1-7(8-3-2-4-8)14-10-5-9(11)12-6-13-10/h5-8H,2-4H2,1H3,(H,12,13,14). The lowest BCUT2D eigenvalue weighted by Gasteiger charge is -2.32. The molecule has 3 nitrogen and oxygen atoms in total. The zero-order chi connectivity index (χ0) is 9.97. The molecule has 1 fully saturated rings. The van der Waals surface area contributed by atoms with Gasteiger partial charge in [0.2, 0.25) is 0 Å². The van der Waals surface area contributed by atoms with E-state index in [1.807, 2.05) is 0 Å². The first-order valence-electron chi connectivity index (χ1n) is 5.00. The van der Waals surface area contributed by atoms with E-state index in [-0.39, 0.29) is 0 Å². The van der Waals surface area contributed by atoms with E-state index in [9.17, 15) is 0 Å². The fourth-order valence-corrected chi connectivity index (χ4v) is 1.85. The largest absolute Gasteiger partial charge is 0.367 e. The Morgan fingerprint density at radius 1 is 1.50 bits per heavy atom. The van der Waals surface area contributed by atoms with Gasteiger partial charge in [0.1, 0.15) is 17.3 Å². The lowest BCUT2D eigenvalue weighted by molar-refractivity contribution is 0.285. The van der Waals surface area contributed by atoms with Gasteiger partial charge in [-0.2, -0.15) is 0 Å². The van der Waals surface area contributed by atoms with Gasteiger partial charge in [0, 0.05) is 12.1 Å². The number of halogens is 1. The van der Waals surface area contributed by atoms with Crippen LogP contribution in [0.3, 0.4) is 0 Å². The van der Waals surface area contributed by atoms with E-state index in [2.05, 4.69) is 22.2 Å². The first-order chi connectivity index (χ1) is 6.75. The minimum Gasteiger partial charge on any atom is -0.367 e. The van der Waals surface area contributed by atoms with Crippen LogP contribution < -0.4 is 5.32 Å². The van der Waals surface area contributed by atoms with Gasteiger partial charge >= 0.3 is 0 Å². The van der Waals surface area contributed by atoms with Crippen LogP contribution in [0.25, 0.3) is 0 Å². The van der Waals surface area contributed by atoms with Crippen molar-refractivity contribution in [3.05, 3.63) is 17.5 Å². The average Bonchev–Trinajstić information content (AvgIpc) is 1.99. The summed E-state index contributed by atoms with van der Waals surface area (Å²) in [5.74, 6) is 1.62. The zero-order valence-electron chi connectivity index (χ0n) is 8.20. The van der Waals surface area contributed by atoms with E-state index in [0.29, 0.717) is 11.2 Å². The minimum absolute atomic E-state index is 0.481. The number of hydrogen-bond acceptors (Lipinski definition) is 3. The van der Waals surface area contributed by atoms with Crippen molar-refractivity contribution < 1.29 is 0 Å². The van der Waals surface area contributed by atoms with Gasteiger partial charge in [0.15, 0.2) is 0 Å². The summed E-state index contributed by atoms with van der Waals surface area (Å²) in [7, 11) is 0. The second-order valence-corrected chi connectivity index (χ2v) is 4.24. The first-order valence-corrected chi connectivity index (χ1v) is 5.37. The van der Waals surface area contributed by atoms with Crippen molar-refractivity contribution in [2.24, 2.45) is 5.92 Å². The van der Waals surface area contributed by atoms with Crippen molar-refractivity contribution in [3.8, 4) is 0 Å². The number of anilines is 1. The third-order valence-corrected chi connectivity index (χ3v) is 3.07. The third-order valence-electron chi connectivity index (χ3n) is 2.87. The molecule has 2 rings (SSSR count). The number of hydrogen-bond donors (Lipinski definition) is 1. The van der Waals surface area contributed by atoms with Gasteiger partial charge in [0.05, 0.1) is 0 Å². The van der Waals surface area contributed by atoms with Crippen LogP contribution in [-0.4, -0.2) is 16.0 Å². The fraction of sp³-hybridized carbons (Fsp3) is 0.600. The average molecular weight is 212 g/mol. The lowest BCUT2D eigenvalue weighted by atomic mass is 9.80. The molecule has 1 atom stereocenters. The molecular weight excluding hydrogens is 198 g/mol. The summed E-state index contributed by atoms with van der Waals surface area (Å²) in [5.41, 5.74) is 0. The Hall–Kier alpha value is -0.830. The van der Waals surface area contributed by atoms with Gasteiger partial charge in [-0.1, -0.05) is 18.0 Å². The summed E-state index contributed by atoms with van der Waals surface area (Å²) in [6, 6.07) is 2.24. The Labute approximate surface area is 88.9 Å². The maximum Gasteiger partial charge on any atom is 0.134 e. The van der Waals surface area contributed by atoms with Crippen LogP contribution in [0.2, 0.25) is 5.15 Å². The van der Waals surface area contributed by atoms with Gasteiger partial charge in [-0.3, -0.25) is 0 Å². The molecule has 1 unspecified atom stereocenters. The minimum atomic E-state index is 0.481. The van der Waals surface area contributed by atoms with E-state index in [0.717, 1.165) is 11.7 Å². The summed E-state index contributed by atoms with van der Waals surface area (Å²) >= 11 is 5.76. The highest BCUT2D eigenvalue weighted by Gasteiger charge is 2.23. The van der Waals surface area contributed by atoms with Crippen LogP contribution >= 0.6 is 11.6 Å². The monoisotopic (exact) mass is 211 g/mol. The van der Waals surface area contributed by atoms with Gasteiger partial charge in [-0.15, -0.1) is 0 Å². The first kappa shape index (κ1) is 9.71. The van der Waals surface area contributed by atoms with Crippen molar-refractivity contribution >= 4 is 17.4 Å². The number of nitrogens with one attached hydrogen (secondary N) is 1. The van der Waals surface area contributed by atoms with E-state index in [4.69, 9.17) is 11.6 Å². The number of rotatable bonds is 3. The molecular formula is C10H14ClN3. The normalized spacial score (nSPS) is 18.7. The highest BCUT2D eigenvalue weighted by molar-refractivity contribution is 6.29. The summed E-state index contributed by atoms with van der Waals surface area (Å²) in [6.45, 7) is 2.19. The molecule has 1 aliphatic carbocycles. The van der Waals surface area contributed by atoms with Gasteiger partial charge in [-0.25, -0.2) is 9.97 Å². The second-order valence-electron chi connectivity index (χ2n) is 3.85. The predicted molar refractivity (Wildman–Crippen MR) is 57.5 cm³/mol. The van der Waals surface area contributed by atoms with Crippen LogP contribution in [0.4, 0.5) is 5.82 Å². The smallest absolute Gasteiger partial charge is 0.134 e. The van der Waals surface area contributed by atoms with E-state index < -0.39 is 0 Å². The molecule has 0 aliphatic heterocycles. The summed E-state index contributed by atoms with van der Waals surface area (Å²) in [4.78, 5) is 7.95. The van der Waals surface area contributed by atoms with E-state index >= 15 is 0 Å². The van der Waals surface area contributed by atoms with Crippen LogP contribution in [-0.2, 0) is 0 Å². The molecule has 4 heteroatoms. The van der Waals surface area contributed by atoms with Gasteiger partial charge < -0.3 is 5.32 Å². The Bertz CT molecular complexity index is 312. The Kier molecular flexibility index (Phi) is 2.87. The molecule has 0 saturated heterocycles. The Morgan fingerprint density at radius 2 is 2.29 bits per heavy atom. The van der Waals surface area contributed by atoms with Crippen LogP contribution in [0.15, 0.2) is 12.4 Å². The molecule has 76 valence electrons. The second kappa shape index (κ2) is 4.13. The highest BCUT2D eigenvalue weighted by Crippen LogP contribution is 2.30. The maximum atomic E-state index is 5.76. The van der Waals surface area contributed by atoms with E-state index in [1.54, 1.807) is 6.07 Å². The van der Waals surface area contributed by atoms with Crippen molar-refractivity contribution in [2.45, 2.75) is 32.2 Å². The summed E-state index contributed by atoms with van der Waals surface area (Å²) < 4.78 is 0. The molecule has 0 radical (unpaired) electrons. The molecule has 14 heavy (non-hydrogen) atoms. The highest BCUT2D eigenvalue weighted by atomic mass is 35.5. The predicted octanol–water partition coefficient (Wildman–Crippen LogP) is 2.73. The van der Waals surface area contributed by atoms with Crippen LogP contribution in [0.1, 0.15) is 26.2 Å². The van der Waals surface area contributed by atoms with Crippen molar-refractivity contribution in [3.63, 3.8) is 0 Å². The molecule has 0 aromatic carbocycles. The lowest BCUT2D eigenvalue weighted by Crippen LogP contribution is -2.31. The van der Waals surface area contributed by atoms with Crippen molar-refractivity contribution in [1.29, 1.82) is 0 Å². The molecule has 1 N–H and O–H groups in total. The third kappa shape index (κ3) is 2.15. The summed E-state index contributed by atoms with van der Waals surface area (Å²) in [5, 5.41) is 3.84. The molecule has 0 spiro atoms. The molecule has 1 aromatic rings. The molecule has 1 saturated carbocycles. The summed E-state index contributed by atoms with van der Waals surface area (Å²) in [6.07, 6.45) is 5.50. The van der Waals surface area contributed by atoms with E-state index in [1.165, 1.54) is 25.6 Å². The topological polar surface area (TPSA) is 37.8 Å². The van der Waals surface area contributed by atoms with Crippen LogP contribution in [0.5, 0.6) is 0 Å². The van der Waals surface area contributed by atoms with Crippen LogP contribution in [0, 0.1) is 5.92 Å². The quantitative estimate of drug-likeness (QED) is 0.782. The maximum absolute atomic E-state index is 5.76. The van der Waals surface area contributed by atoms with Gasteiger partial charge in [-0.05, 0) is 25.7 Å². The zero-order valence-corrected chi connectivity index (χ0v) is 8.96. The molecule has 1 aliphatic rings.